The van der Waals surface area contributed by atoms with Crippen LogP contribution in [0.5, 0.6) is 0 Å². The van der Waals surface area contributed by atoms with E-state index in [0.717, 1.165) is 17.1 Å². The van der Waals surface area contributed by atoms with Gasteiger partial charge in [0.15, 0.2) is 0 Å². The number of nitrogens with one attached hydrogen (secondary N) is 1. The number of nitrogens with zero attached hydrogens (tertiary/aromatic N) is 2. The van der Waals surface area contributed by atoms with E-state index in [1.165, 1.54) is 0 Å². The summed E-state index contributed by atoms with van der Waals surface area (Å²) in [7, 11) is 1.85. The molecule has 0 aromatic carbocycles. The Hall–Kier alpha value is -1.20. The Morgan fingerprint density at radius 3 is 2.39 bits per heavy atom. The van der Waals surface area contributed by atoms with Crippen molar-refractivity contribution in [3.8, 4) is 0 Å². The Labute approximate surface area is 105 Å². The molecule has 1 unspecified atom stereocenters. The van der Waals surface area contributed by atoms with Crippen molar-refractivity contribution in [1.82, 2.24) is 9.78 Å². The minimum atomic E-state index is -4.06. The number of anilines is 1. The number of aryl methyl sites for hydroxylation is 2. The van der Waals surface area contributed by atoms with Gasteiger partial charge >= 0.3 is 6.18 Å². The molecule has 1 atom stereocenters. The summed E-state index contributed by atoms with van der Waals surface area (Å²) in [5, 5.41) is 7.49. The molecule has 0 fully saturated rings. The van der Waals surface area contributed by atoms with E-state index in [9.17, 15) is 13.2 Å². The van der Waals surface area contributed by atoms with Crippen molar-refractivity contribution in [3.63, 3.8) is 0 Å². The van der Waals surface area contributed by atoms with Gasteiger partial charge in [0.25, 0.3) is 0 Å². The lowest BCUT2D eigenvalue weighted by Gasteiger charge is -2.16. The molecule has 3 nitrogen and oxygen atoms in total. The summed E-state index contributed by atoms with van der Waals surface area (Å²) < 4.78 is 37.9. The largest absolute Gasteiger partial charge is 0.389 e. The van der Waals surface area contributed by atoms with Gasteiger partial charge in [0.2, 0.25) is 0 Å². The van der Waals surface area contributed by atoms with E-state index in [-0.39, 0.29) is 12.5 Å². The molecule has 1 rings (SSSR count). The number of hydrogen-bond acceptors (Lipinski definition) is 2. The summed E-state index contributed by atoms with van der Waals surface area (Å²) in [4.78, 5) is 0. The zero-order valence-electron chi connectivity index (χ0n) is 11.2. The van der Waals surface area contributed by atoms with Crippen LogP contribution in [0.15, 0.2) is 0 Å². The highest BCUT2D eigenvalue weighted by Gasteiger charge is 2.26. The highest BCUT2D eigenvalue weighted by atomic mass is 19.4. The average molecular weight is 263 g/mol. The molecule has 1 aromatic heterocycles. The van der Waals surface area contributed by atoms with Crippen LogP contribution in [-0.2, 0) is 7.05 Å². The third-order valence-electron chi connectivity index (χ3n) is 3.00. The van der Waals surface area contributed by atoms with Crippen LogP contribution in [0.4, 0.5) is 18.9 Å². The Bertz CT molecular complexity index is 396. The van der Waals surface area contributed by atoms with Crippen LogP contribution >= 0.6 is 0 Å². The van der Waals surface area contributed by atoms with Gasteiger partial charge in [-0.1, -0.05) is 0 Å². The van der Waals surface area contributed by atoms with Crippen molar-refractivity contribution in [3.05, 3.63) is 11.4 Å². The first-order valence-corrected chi connectivity index (χ1v) is 6.04. The van der Waals surface area contributed by atoms with Gasteiger partial charge in [-0.15, -0.1) is 0 Å². The Morgan fingerprint density at radius 1 is 1.33 bits per heavy atom. The molecule has 1 heterocycles. The number of aromatic nitrogens is 2. The van der Waals surface area contributed by atoms with E-state index >= 15 is 0 Å². The maximum absolute atomic E-state index is 12.0. The van der Waals surface area contributed by atoms with Crippen LogP contribution in [0.1, 0.15) is 37.6 Å². The first-order valence-electron chi connectivity index (χ1n) is 6.04. The molecule has 0 bridgehead atoms. The molecular weight excluding hydrogens is 243 g/mol. The van der Waals surface area contributed by atoms with E-state index in [2.05, 4.69) is 10.4 Å². The van der Waals surface area contributed by atoms with Gasteiger partial charge in [-0.3, -0.25) is 4.68 Å². The summed E-state index contributed by atoms with van der Waals surface area (Å²) in [5.74, 6) is 0. The molecule has 0 amide bonds. The molecule has 6 heteroatoms. The fraction of sp³-hybridized carbons (Fsp3) is 0.750. The number of alkyl halides is 3. The second-order valence-electron chi connectivity index (χ2n) is 4.72. The van der Waals surface area contributed by atoms with E-state index < -0.39 is 12.6 Å². The van der Waals surface area contributed by atoms with Crippen molar-refractivity contribution >= 4 is 5.69 Å². The smallest absolute Gasteiger partial charge is 0.380 e. The summed E-state index contributed by atoms with van der Waals surface area (Å²) in [6.07, 6.45) is -4.13. The van der Waals surface area contributed by atoms with Crippen LogP contribution in [0.2, 0.25) is 0 Å². The third-order valence-corrected chi connectivity index (χ3v) is 3.00. The molecule has 0 spiro atoms. The van der Waals surface area contributed by atoms with Gasteiger partial charge in [-0.2, -0.15) is 18.3 Å². The van der Waals surface area contributed by atoms with Crippen LogP contribution in [0, 0.1) is 13.8 Å². The molecule has 0 saturated carbocycles. The lowest BCUT2D eigenvalue weighted by Crippen LogP contribution is -2.17. The van der Waals surface area contributed by atoms with Crippen molar-refractivity contribution in [2.24, 2.45) is 7.05 Å². The standard InChI is InChI=1S/C12H20F3N3/c1-8(6-5-7-12(13,14)15)16-11-9(2)17-18(4)10(11)3/h8,16H,5-7H2,1-4H3. The lowest BCUT2D eigenvalue weighted by atomic mass is 10.1. The molecular formula is C12H20F3N3. The summed E-state index contributed by atoms with van der Waals surface area (Å²) in [6.45, 7) is 5.71. The van der Waals surface area contributed by atoms with Crippen molar-refractivity contribution in [2.45, 2.75) is 52.3 Å². The number of hydrogen-bond donors (Lipinski definition) is 1. The van der Waals surface area contributed by atoms with Gasteiger partial charge in [0.05, 0.1) is 17.1 Å². The molecule has 18 heavy (non-hydrogen) atoms. The fourth-order valence-corrected chi connectivity index (χ4v) is 1.91. The molecule has 0 aliphatic heterocycles. The molecule has 104 valence electrons. The van der Waals surface area contributed by atoms with Crippen molar-refractivity contribution < 1.29 is 13.2 Å². The van der Waals surface area contributed by atoms with Gasteiger partial charge in [-0.25, -0.2) is 0 Å². The van der Waals surface area contributed by atoms with Gasteiger partial charge in [-0.05, 0) is 33.6 Å². The van der Waals surface area contributed by atoms with Gasteiger partial charge < -0.3 is 5.32 Å². The zero-order chi connectivity index (χ0) is 13.9. The normalized spacial score (nSPS) is 13.7. The summed E-state index contributed by atoms with van der Waals surface area (Å²) in [6, 6.07) is 0.00829. The average Bonchev–Trinajstić information content (AvgIpc) is 2.43. The number of halogens is 3. The maximum atomic E-state index is 12.0. The lowest BCUT2D eigenvalue weighted by molar-refractivity contribution is -0.135. The zero-order valence-corrected chi connectivity index (χ0v) is 11.2. The Balaban J connectivity index is 2.47. The minimum Gasteiger partial charge on any atom is -0.380 e. The van der Waals surface area contributed by atoms with E-state index in [0.29, 0.717) is 6.42 Å². The summed E-state index contributed by atoms with van der Waals surface area (Å²) >= 11 is 0. The first kappa shape index (κ1) is 14.9. The SMILES string of the molecule is Cc1nn(C)c(C)c1NC(C)CCCC(F)(F)F. The molecule has 0 aliphatic rings. The quantitative estimate of drug-likeness (QED) is 0.880. The maximum Gasteiger partial charge on any atom is 0.389 e. The molecule has 1 aromatic rings. The fourth-order valence-electron chi connectivity index (χ4n) is 1.91. The molecule has 1 N–H and O–H groups in total. The minimum absolute atomic E-state index is 0.00829. The van der Waals surface area contributed by atoms with Crippen LogP contribution in [-0.4, -0.2) is 22.0 Å². The highest BCUT2D eigenvalue weighted by Crippen LogP contribution is 2.24. The van der Waals surface area contributed by atoms with E-state index in [1.807, 2.05) is 27.8 Å². The highest BCUT2D eigenvalue weighted by molar-refractivity contribution is 5.52. The topological polar surface area (TPSA) is 29.9 Å². The Kier molecular flexibility index (Phi) is 4.65. The number of rotatable bonds is 5. The predicted octanol–water partition coefficient (Wildman–Crippen LogP) is 3.57. The van der Waals surface area contributed by atoms with Crippen LogP contribution < -0.4 is 5.32 Å². The van der Waals surface area contributed by atoms with Gasteiger partial charge in [0.1, 0.15) is 0 Å². The van der Waals surface area contributed by atoms with Crippen molar-refractivity contribution in [1.29, 1.82) is 0 Å². The Morgan fingerprint density at radius 2 is 1.94 bits per heavy atom. The monoisotopic (exact) mass is 263 g/mol. The summed E-state index contributed by atoms with van der Waals surface area (Å²) in [5.41, 5.74) is 2.80. The van der Waals surface area contributed by atoms with Crippen LogP contribution in [0.3, 0.4) is 0 Å². The van der Waals surface area contributed by atoms with E-state index in [1.54, 1.807) is 4.68 Å². The molecule has 0 radical (unpaired) electrons. The van der Waals surface area contributed by atoms with Crippen LogP contribution in [0.25, 0.3) is 0 Å². The van der Waals surface area contributed by atoms with Gasteiger partial charge in [0, 0.05) is 19.5 Å². The molecule has 0 aliphatic carbocycles. The molecule has 0 saturated heterocycles. The second kappa shape index (κ2) is 5.63. The van der Waals surface area contributed by atoms with E-state index in [4.69, 9.17) is 0 Å². The predicted molar refractivity (Wildman–Crippen MR) is 65.7 cm³/mol. The second-order valence-corrected chi connectivity index (χ2v) is 4.72. The van der Waals surface area contributed by atoms with Crippen molar-refractivity contribution in [2.75, 3.05) is 5.32 Å². The first-order chi connectivity index (χ1) is 8.20. The third kappa shape index (κ3) is 4.23.